The van der Waals surface area contributed by atoms with Gasteiger partial charge in [-0.1, -0.05) is 13.3 Å². The van der Waals surface area contributed by atoms with Crippen LogP contribution in [-0.2, 0) is 4.74 Å². The van der Waals surface area contributed by atoms with Crippen molar-refractivity contribution >= 4 is 0 Å². The SMILES string of the molecule is CCNC1CC2CCCC(C1)N2CCOCC. The van der Waals surface area contributed by atoms with Crippen molar-refractivity contribution in [1.29, 1.82) is 0 Å². The predicted molar refractivity (Wildman–Crippen MR) is 71.3 cm³/mol. The van der Waals surface area contributed by atoms with Crippen LogP contribution in [0.3, 0.4) is 0 Å². The third-order valence-corrected chi connectivity index (χ3v) is 4.32. The molecule has 2 aliphatic heterocycles. The van der Waals surface area contributed by atoms with Crippen LogP contribution >= 0.6 is 0 Å². The molecule has 2 atom stereocenters. The standard InChI is InChI=1S/C14H28N2O/c1-3-15-12-10-13-6-5-7-14(11-12)16(13)8-9-17-4-2/h12-15H,3-11H2,1-2H3. The number of rotatable bonds is 6. The van der Waals surface area contributed by atoms with E-state index in [1.807, 2.05) is 0 Å². The molecule has 0 saturated carbocycles. The Morgan fingerprint density at radius 3 is 2.47 bits per heavy atom. The summed E-state index contributed by atoms with van der Waals surface area (Å²) in [6.45, 7) is 8.32. The van der Waals surface area contributed by atoms with Crippen molar-refractivity contribution in [2.24, 2.45) is 0 Å². The molecular formula is C14H28N2O. The highest BCUT2D eigenvalue weighted by Crippen LogP contribution is 2.33. The van der Waals surface area contributed by atoms with Crippen LogP contribution in [-0.4, -0.2) is 49.3 Å². The minimum atomic E-state index is 0.763. The van der Waals surface area contributed by atoms with Gasteiger partial charge in [0.25, 0.3) is 0 Å². The molecule has 2 rings (SSSR count). The molecule has 0 amide bonds. The van der Waals surface area contributed by atoms with Crippen LogP contribution in [0.25, 0.3) is 0 Å². The van der Waals surface area contributed by atoms with Crippen molar-refractivity contribution in [1.82, 2.24) is 10.2 Å². The number of piperidine rings is 2. The first-order chi connectivity index (χ1) is 8.35. The van der Waals surface area contributed by atoms with Crippen molar-refractivity contribution in [3.63, 3.8) is 0 Å². The maximum Gasteiger partial charge on any atom is 0.0593 e. The van der Waals surface area contributed by atoms with Gasteiger partial charge >= 0.3 is 0 Å². The van der Waals surface area contributed by atoms with Crippen molar-refractivity contribution in [3.8, 4) is 0 Å². The topological polar surface area (TPSA) is 24.5 Å². The molecule has 0 aromatic carbocycles. The number of nitrogens with zero attached hydrogens (tertiary/aromatic N) is 1. The van der Waals surface area contributed by atoms with Crippen LogP contribution in [0, 0.1) is 0 Å². The van der Waals surface area contributed by atoms with E-state index in [0.29, 0.717) is 0 Å². The maximum absolute atomic E-state index is 5.52. The summed E-state index contributed by atoms with van der Waals surface area (Å²) < 4.78 is 5.52. The molecule has 0 aliphatic carbocycles. The van der Waals surface area contributed by atoms with Gasteiger partial charge in [0, 0.05) is 31.3 Å². The molecule has 2 bridgehead atoms. The zero-order valence-corrected chi connectivity index (χ0v) is 11.5. The van der Waals surface area contributed by atoms with E-state index >= 15 is 0 Å². The molecule has 0 aromatic rings. The third kappa shape index (κ3) is 3.43. The van der Waals surface area contributed by atoms with Gasteiger partial charge in [-0.25, -0.2) is 0 Å². The summed E-state index contributed by atoms with van der Waals surface area (Å²) in [6.07, 6.45) is 6.90. The molecular weight excluding hydrogens is 212 g/mol. The van der Waals surface area contributed by atoms with Crippen LogP contribution < -0.4 is 5.32 Å². The quantitative estimate of drug-likeness (QED) is 0.719. The van der Waals surface area contributed by atoms with Crippen molar-refractivity contribution in [2.45, 2.75) is 64.1 Å². The van der Waals surface area contributed by atoms with Crippen molar-refractivity contribution < 1.29 is 4.74 Å². The van der Waals surface area contributed by atoms with Gasteiger partial charge in [0.15, 0.2) is 0 Å². The highest BCUT2D eigenvalue weighted by molar-refractivity contribution is 4.94. The summed E-state index contributed by atoms with van der Waals surface area (Å²) in [5, 5.41) is 3.64. The fourth-order valence-electron chi connectivity index (χ4n) is 3.61. The summed E-state index contributed by atoms with van der Waals surface area (Å²) in [5.74, 6) is 0. The van der Waals surface area contributed by atoms with Gasteiger partial charge in [-0.3, -0.25) is 4.90 Å². The maximum atomic E-state index is 5.52. The zero-order valence-electron chi connectivity index (χ0n) is 11.5. The Labute approximate surface area is 106 Å². The van der Waals surface area contributed by atoms with E-state index in [1.165, 1.54) is 32.1 Å². The van der Waals surface area contributed by atoms with Gasteiger partial charge in [0.2, 0.25) is 0 Å². The lowest BCUT2D eigenvalue weighted by Crippen LogP contribution is -2.56. The van der Waals surface area contributed by atoms with Crippen LogP contribution in [0.2, 0.25) is 0 Å². The first-order valence-electron chi connectivity index (χ1n) is 7.42. The van der Waals surface area contributed by atoms with E-state index in [-0.39, 0.29) is 0 Å². The van der Waals surface area contributed by atoms with Crippen LogP contribution in [0.1, 0.15) is 46.0 Å². The minimum absolute atomic E-state index is 0.763. The van der Waals surface area contributed by atoms with Crippen molar-refractivity contribution in [3.05, 3.63) is 0 Å². The molecule has 0 spiro atoms. The monoisotopic (exact) mass is 240 g/mol. The van der Waals surface area contributed by atoms with E-state index < -0.39 is 0 Å². The molecule has 100 valence electrons. The normalized spacial score (nSPS) is 33.9. The lowest BCUT2D eigenvalue weighted by molar-refractivity contribution is 0.00136. The third-order valence-electron chi connectivity index (χ3n) is 4.32. The largest absolute Gasteiger partial charge is 0.380 e. The smallest absolute Gasteiger partial charge is 0.0593 e. The summed E-state index contributed by atoms with van der Waals surface area (Å²) in [7, 11) is 0. The molecule has 2 aliphatic rings. The van der Waals surface area contributed by atoms with Crippen LogP contribution in [0.15, 0.2) is 0 Å². The molecule has 2 fully saturated rings. The highest BCUT2D eigenvalue weighted by atomic mass is 16.5. The second-order valence-corrected chi connectivity index (χ2v) is 5.40. The number of fused-ring (bicyclic) bond motifs is 2. The average Bonchev–Trinajstić information content (AvgIpc) is 2.30. The molecule has 3 heteroatoms. The fraction of sp³-hybridized carbons (Fsp3) is 1.00. The number of hydrogen-bond acceptors (Lipinski definition) is 3. The van der Waals surface area contributed by atoms with Gasteiger partial charge < -0.3 is 10.1 Å². The minimum Gasteiger partial charge on any atom is -0.380 e. The molecule has 0 radical (unpaired) electrons. The van der Waals surface area contributed by atoms with E-state index in [4.69, 9.17) is 4.74 Å². The van der Waals surface area contributed by atoms with E-state index in [2.05, 4.69) is 24.1 Å². The summed E-state index contributed by atoms with van der Waals surface area (Å²) in [6, 6.07) is 2.39. The molecule has 0 aromatic heterocycles. The Hall–Kier alpha value is -0.120. The molecule has 17 heavy (non-hydrogen) atoms. The highest BCUT2D eigenvalue weighted by Gasteiger charge is 2.37. The zero-order chi connectivity index (χ0) is 12.1. The first kappa shape index (κ1) is 13.3. The summed E-state index contributed by atoms with van der Waals surface area (Å²) in [4.78, 5) is 2.73. The molecule has 2 saturated heterocycles. The van der Waals surface area contributed by atoms with Gasteiger partial charge in [0.1, 0.15) is 0 Å². The summed E-state index contributed by atoms with van der Waals surface area (Å²) in [5.41, 5.74) is 0. The van der Waals surface area contributed by atoms with E-state index in [0.717, 1.165) is 44.4 Å². The van der Waals surface area contributed by atoms with E-state index in [9.17, 15) is 0 Å². The van der Waals surface area contributed by atoms with E-state index in [1.54, 1.807) is 0 Å². The summed E-state index contributed by atoms with van der Waals surface area (Å²) >= 11 is 0. The van der Waals surface area contributed by atoms with Crippen molar-refractivity contribution in [2.75, 3.05) is 26.3 Å². The number of ether oxygens (including phenoxy) is 1. The Bertz CT molecular complexity index is 208. The molecule has 1 N–H and O–H groups in total. The Morgan fingerprint density at radius 2 is 1.88 bits per heavy atom. The molecule has 3 nitrogen and oxygen atoms in total. The lowest BCUT2D eigenvalue weighted by atomic mass is 9.82. The average molecular weight is 240 g/mol. The molecule has 2 heterocycles. The lowest BCUT2D eigenvalue weighted by Gasteiger charge is -2.49. The van der Waals surface area contributed by atoms with Gasteiger partial charge in [-0.2, -0.15) is 0 Å². The van der Waals surface area contributed by atoms with Crippen LogP contribution in [0.5, 0.6) is 0 Å². The predicted octanol–water partition coefficient (Wildman–Crippen LogP) is 2.02. The Kier molecular flexibility index (Phi) is 5.26. The second-order valence-electron chi connectivity index (χ2n) is 5.40. The number of nitrogens with one attached hydrogen (secondary N) is 1. The Morgan fingerprint density at radius 1 is 1.18 bits per heavy atom. The first-order valence-corrected chi connectivity index (χ1v) is 7.42. The van der Waals surface area contributed by atoms with Crippen LogP contribution in [0.4, 0.5) is 0 Å². The molecule has 2 unspecified atom stereocenters. The second kappa shape index (κ2) is 6.72. The van der Waals surface area contributed by atoms with Gasteiger partial charge in [-0.05, 0) is 39.2 Å². The number of hydrogen-bond donors (Lipinski definition) is 1. The van der Waals surface area contributed by atoms with Gasteiger partial charge in [0.05, 0.1) is 6.61 Å². The Balaban J connectivity index is 1.86. The fourth-order valence-corrected chi connectivity index (χ4v) is 3.61. The van der Waals surface area contributed by atoms with Gasteiger partial charge in [-0.15, -0.1) is 0 Å².